The first-order chi connectivity index (χ1) is 30.7. The van der Waals surface area contributed by atoms with Crippen molar-refractivity contribution in [2.45, 2.75) is 25.2 Å². The minimum Gasteiger partial charge on any atom is -0.456 e. The maximum atomic E-state index is 6.37. The Hall–Kier alpha value is -7.82. The van der Waals surface area contributed by atoms with Crippen LogP contribution < -0.4 is 0 Å². The maximum Gasteiger partial charge on any atom is 0.160 e. The number of hydrogen-bond donors (Lipinski definition) is 0. The molecule has 7 aromatic carbocycles. The van der Waals surface area contributed by atoms with E-state index in [0.717, 1.165) is 69.3 Å². The van der Waals surface area contributed by atoms with E-state index in [1.807, 2.05) is 12.1 Å². The summed E-state index contributed by atoms with van der Waals surface area (Å²) in [7, 11) is 0. The molecule has 4 nitrogen and oxygen atoms in total. The van der Waals surface area contributed by atoms with Crippen LogP contribution in [0.25, 0.3) is 88.7 Å². The summed E-state index contributed by atoms with van der Waals surface area (Å²) in [5, 5.41) is 4.67. The fraction of sp³-hybridized carbons (Fsp3) is 0.0690. The van der Waals surface area contributed by atoms with Gasteiger partial charge in [-0.05, 0) is 101 Å². The molecule has 2 aliphatic carbocycles. The van der Waals surface area contributed by atoms with Crippen molar-refractivity contribution in [3.63, 3.8) is 0 Å². The van der Waals surface area contributed by atoms with Crippen LogP contribution in [0.15, 0.2) is 211 Å². The molecule has 10 aromatic rings. The lowest BCUT2D eigenvalue weighted by molar-refractivity contribution is 0.669. The van der Waals surface area contributed by atoms with E-state index in [2.05, 4.69) is 199 Å². The van der Waals surface area contributed by atoms with Gasteiger partial charge in [0.25, 0.3) is 0 Å². The first-order valence-electron chi connectivity index (χ1n) is 21.6. The summed E-state index contributed by atoms with van der Waals surface area (Å²) in [6, 6.07) is 65.3. The predicted molar refractivity (Wildman–Crippen MR) is 257 cm³/mol. The lowest BCUT2D eigenvalue weighted by atomic mass is 9.79. The van der Waals surface area contributed by atoms with Crippen LogP contribution in [0.5, 0.6) is 0 Å². The summed E-state index contributed by atoms with van der Waals surface area (Å²) in [4.78, 5) is 10.7. The molecule has 2 aliphatic rings. The highest BCUT2D eigenvalue weighted by Gasteiger charge is 2.31. The molecule has 0 saturated heterocycles. The van der Waals surface area contributed by atoms with Gasteiger partial charge in [-0.3, -0.25) is 0 Å². The van der Waals surface area contributed by atoms with Gasteiger partial charge in [-0.15, -0.1) is 0 Å². The van der Waals surface area contributed by atoms with Crippen LogP contribution in [-0.2, 0) is 0 Å². The van der Waals surface area contributed by atoms with Gasteiger partial charge in [0, 0.05) is 44.3 Å². The largest absolute Gasteiger partial charge is 0.456 e. The Morgan fingerprint density at radius 2 is 1.18 bits per heavy atom. The second-order valence-electron chi connectivity index (χ2n) is 16.4. The molecular weight excluding hydrogens is 755 g/mol. The van der Waals surface area contributed by atoms with Crippen LogP contribution >= 0.6 is 0 Å². The van der Waals surface area contributed by atoms with E-state index in [4.69, 9.17) is 14.4 Å². The normalized spacial score (nSPS) is 15.5. The van der Waals surface area contributed by atoms with E-state index in [0.29, 0.717) is 5.82 Å². The first kappa shape index (κ1) is 36.1. The smallest absolute Gasteiger partial charge is 0.160 e. The topological polar surface area (TPSA) is 43.9 Å². The second kappa shape index (κ2) is 15.0. The van der Waals surface area contributed by atoms with Crippen LogP contribution in [0.2, 0.25) is 0 Å². The van der Waals surface area contributed by atoms with Gasteiger partial charge in [-0.2, -0.15) is 0 Å². The fourth-order valence-electron chi connectivity index (χ4n) is 9.68. The van der Waals surface area contributed by atoms with Crippen molar-refractivity contribution >= 4 is 66.2 Å². The van der Waals surface area contributed by atoms with Crippen LogP contribution in [0.1, 0.15) is 47.7 Å². The molecule has 0 N–H and O–H groups in total. The zero-order chi connectivity index (χ0) is 41.0. The van der Waals surface area contributed by atoms with Gasteiger partial charge in [0.2, 0.25) is 0 Å². The number of benzene rings is 7. The Kier molecular flexibility index (Phi) is 8.74. The first-order valence-corrected chi connectivity index (χ1v) is 21.6. The molecule has 0 bridgehead atoms. The summed E-state index contributed by atoms with van der Waals surface area (Å²) in [6.07, 6.45) is 11.9. The summed E-state index contributed by atoms with van der Waals surface area (Å²) >= 11 is 0. The number of allylic oxidation sites excluding steroid dienone is 8. The Labute approximate surface area is 360 Å². The van der Waals surface area contributed by atoms with Gasteiger partial charge in [0.15, 0.2) is 5.82 Å². The minimum atomic E-state index is 0.00164. The number of para-hydroxylation sites is 2. The van der Waals surface area contributed by atoms with Gasteiger partial charge < -0.3 is 8.98 Å². The van der Waals surface area contributed by atoms with Crippen molar-refractivity contribution in [3.05, 3.63) is 229 Å². The van der Waals surface area contributed by atoms with Crippen LogP contribution in [0.3, 0.4) is 0 Å². The third kappa shape index (κ3) is 6.22. The zero-order valence-electron chi connectivity index (χ0n) is 34.1. The van der Waals surface area contributed by atoms with Gasteiger partial charge in [0.1, 0.15) is 11.2 Å². The van der Waals surface area contributed by atoms with E-state index >= 15 is 0 Å². The van der Waals surface area contributed by atoms with Crippen molar-refractivity contribution in [2.24, 2.45) is 0 Å². The second-order valence-corrected chi connectivity index (χ2v) is 16.4. The molecule has 0 aliphatic heterocycles. The Morgan fingerprint density at radius 1 is 0.500 bits per heavy atom. The monoisotopic (exact) mass is 795 g/mol. The van der Waals surface area contributed by atoms with Crippen LogP contribution in [0.4, 0.5) is 0 Å². The SMILES string of the molecule is C1=CC(c2cc(C3=CC(c4ccccc4)=C(n4c5ccccc5c5cc(-c6ccccc6)ccc54)[C@@H](c4ccccc4)C3)nc(-c3ccc4c(c3)oc3ccccc34)n2)=CCC1. The quantitative estimate of drug-likeness (QED) is 0.161. The lowest BCUT2D eigenvalue weighted by Gasteiger charge is -2.31. The van der Waals surface area contributed by atoms with Crippen molar-refractivity contribution < 1.29 is 4.42 Å². The summed E-state index contributed by atoms with van der Waals surface area (Å²) in [5.74, 6) is 0.686. The molecule has 0 spiro atoms. The number of fused-ring (bicyclic) bond motifs is 6. The Morgan fingerprint density at radius 3 is 1.98 bits per heavy atom. The molecule has 0 amide bonds. The Balaban J connectivity index is 1.11. The number of nitrogens with zero attached hydrogens (tertiary/aromatic N) is 3. The third-order valence-corrected chi connectivity index (χ3v) is 12.6. The molecule has 294 valence electrons. The van der Waals surface area contributed by atoms with E-state index in [1.165, 1.54) is 55.3 Å². The molecule has 0 fully saturated rings. The highest BCUT2D eigenvalue weighted by Crippen LogP contribution is 2.49. The van der Waals surface area contributed by atoms with E-state index < -0.39 is 0 Å². The maximum absolute atomic E-state index is 6.37. The number of furan rings is 1. The van der Waals surface area contributed by atoms with Crippen LogP contribution in [-0.4, -0.2) is 14.5 Å². The summed E-state index contributed by atoms with van der Waals surface area (Å²) < 4.78 is 8.92. The molecular formula is C58H41N3O. The summed E-state index contributed by atoms with van der Waals surface area (Å²) in [5.41, 5.74) is 16.4. The zero-order valence-corrected chi connectivity index (χ0v) is 34.1. The highest BCUT2D eigenvalue weighted by atomic mass is 16.3. The molecule has 0 radical (unpaired) electrons. The molecule has 12 rings (SSSR count). The average molecular weight is 796 g/mol. The number of aromatic nitrogens is 3. The molecule has 3 aromatic heterocycles. The van der Waals surface area contributed by atoms with E-state index in [9.17, 15) is 0 Å². The fourth-order valence-corrected chi connectivity index (χ4v) is 9.68. The molecule has 4 heteroatoms. The standard InChI is InChI=1S/C58H41N3O/c1-5-17-38(18-6-1)42-30-32-54-50(33-42)45-25-13-15-27-53(45)61(54)57-48(39-19-7-2-8-20-39)34-44(35-49(57)40-21-9-3-10-22-40)52-37-51(41-23-11-4-12-24-41)59-58(60-52)43-29-31-47-46-26-14-16-28-55(46)62-56(47)36-43/h1-3,5-11,13-34,36-37,49H,4,12,35H2/t49-/m1/s1. The number of rotatable bonds is 7. The van der Waals surface area contributed by atoms with Crippen molar-refractivity contribution in [1.29, 1.82) is 0 Å². The summed E-state index contributed by atoms with van der Waals surface area (Å²) in [6.45, 7) is 0. The van der Waals surface area contributed by atoms with Crippen molar-refractivity contribution in [1.82, 2.24) is 14.5 Å². The van der Waals surface area contributed by atoms with Gasteiger partial charge in [-0.25, -0.2) is 9.97 Å². The molecule has 1 atom stereocenters. The third-order valence-electron chi connectivity index (χ3n) is 12.6. The average Bonchev–Trinajstić information content (AvgIpc) is 3.89. The minimum absolute atomic E-state index is 0.00164. The van der Waals surface area contributed by atoms with Gasteiger partial charge >= 0.3 is 0 Å². The molecule has 0 unspecified atom stereocenters. The van der Waals surface area contributed by atoms with E-state index in [-0.39, 0.29) is 5.92 Å². The molecule has 0 saturated carbocycles. The van der Waals surface area contributed by atoms with Gasteiger partial charge in [-0.1, -0.05) is 158 Å². The predicted octanol–water partition coefficient (Wildman–Crippen LogP) is 15.2. The van der Waals surface area contributed by atoms with Gasteiger partial charge in [0.05, 0.1) is 22.4 Å². The number of hydrogen-bond acceptors (Lipinski definition) is 3. The van der Waals surface area contributed by atoms with Crippen molar-refractivity contribution in [3.8, 4) is 22.5 Å². The van der Waals surface area contributed by atoms with E-state index in [1.54, 1.807) is 0 Å². The lowest BCUT2D eigenvalue weighted by Crippen LogP contribution is -2.15. The molecule has 3 heterocycles. The molecule has 62 heavy (non-hydrogen) atoms. The van der Waals surface area contributed by atoms with Crippen molar-refractivity contribution in [2.75, 3.05) is 0 Å². The Bertz CT molecular complexity index is 3480. The highest BCUT2D eigenvalue weighted by molar-refractivity contribution is 6.14. The van der Waals surface area contributed by atoms with Crippen LogP contribution in [0, 0.1) is 0 Å².